The van der Waals surface area contributed by atoms with E-state index >= 15 is 0 Å². The largest absolute Gasteiger partial charge is 0.376 e. The molecule has 0 bridgehead atoms. The summed E-state index contributed by atoms with van der Waals surface area (Å²) >= 11 is 0. The van der Waals surface area contributed by atoms with Gasteiger partial charge in [-0.1, -0.05) is 78.9 Å². The van der Waals surface area contributed by atoms with Gasteiger partial charge in [-0.05, 0) is 27.8 Å². The quantitative estimate of drug-likeness (QED) is 0.644. The molecule has 0 N–H and O–H groups in total. The molecule has 1 aliphatic carbocycles. The first-order valence-corrected chi connectivity index (χ1v) is 7.66. The zero-order valence-electron chi connectivity index (χ0n) is 12.6. The Labute approximate surface area is 131 Å². The van der Waals surface area contributed by atoms with Crippen molar-refractivity contribution in [3.63, 3.8) is 0 Å². The average molecular weight is 286 g/mol. The maximum Gasteiger partial charge on any atom is 0.0930 e. The van der Waals surface area contributed by atoms with Crippen LogP contribution >= 0.6 is 0 Å². The van der Waals surface area contributed by atoms with Crippen LogP contribution in [0.15, 0.2) is 78.9 Å². The number of methoxy groups -OCH3 is 1. The molecule has 4 rings (SSSR count). The lowest BCUT2D eigenvalue weighted by molar-refractivity contribution is 0.0902. The molecule has 1 nitrogen and oxygen atoms in total. The number of hydrogen-bond acceptors (Lipinski definition) is 1. The summed E-state index contributed by atoms with van der Waals surface area (Å²) in [5.74, 6) is 0.250. The van der Waals surface area contributed by atoms with Crippen molar-refractivity contribution in [3.05, 3.63) is 95.6 Å². The van der Waals surface area contributed by atoms with E-state index in [1.54, 1.807) is 7.11 Å². The van der Waals surface area contributed by atoms with Crippen molar-refractivity contribution >= 4 is 0 Å². The van der Waals surface area contributed by atoms with Crippen LogP contribution in [0.4, 0.5) is 0 Å². The third-order valence-corrected chi connectivity index (χ3v) is 4.57. The van der Waals surface area contributed by atoms with Gasteiger partial charge in [-0.25, -0.2) is 0 Å². The van der Waals surface area contributed by atoms with Crippen LogP contribution in [0.3, 0.4) is 0 Å². The van der Waals surface area contributed by atoms with Gasteiger partial charge in [0.1, 0.15) is 0 Å². The van der Waals surface area contributed by atoms with E-state index in [4.69, 9.17) is 4.74 Å². The van der Waals surface area contributed by atoms with E-state index in [0.29, 0.717) is 0 Å². The molecule has 0 saturated carbocycles. The molecule has 0 spiro atoms. The Hall–Kier alpha value is -2.38. The van der Waals surface area contributed by atoms with Gasteiger partial charge in [-0.2, -0.15) is 0 Å². The summed E-state index contributed by atoms with van der Waals surface area (Å²) in [6.45, 7) is 0. The summed E-state index contributed by atoms with van der Waals surface area (Å²) < 4.78 is 5.93. The van der Waals surface area contributed by atoms with Crippen LogP contribution in [0.2, 0.25) is 0 Å². The molecule has 0 fully saturated rings. The normalized spacial score (nSPS) is 14.4. The summed E-state index contributed by atoms with van der Waals surface area (Å²) in [5, 5.41) is 0. The maximum absolute atomic E-state index is 5.93. The topological polar surface area (TPSA) is 9.23 Å². The highest BCUT2D eigenvalue weighted by atomic mass is 16.5. The van der Waals surface area contributed by atoms with Crippen molar-refractivity contribution in [2.24, 2.45) is 0 Å². The zero-order valence-corrected chi connectivity index (χ0v) is 12.6. The Morgan fingerprint density at radius 2 is 1.18 bits per heavy atom. The summed E-state index contributed by atoms with van der Waals surface area (Å²) in [5.41, 5.74) is 6.61. The minimum Gasteiger partial charge on any atom is -0.376 e. The minimum atomic E-state index is 0.0333. The molecule has 22 heavy (non-hydrogen) atoms. The Morgan fingerprint density at radius 1 is 0.682 bits per heavy atom. The second-order valence-electron chi connectivity index (χ2n) is 5.72. The molecular formula is C21H18O. The van der Waals surface area contributed by atoms with Crippen molar-refractivity contribution in [2.75, 3.05) is 7.11 Å². The predicted octanol–water partition coefficient (Wildman–Crippen LogP) is 5.19. The molecular weight excluding hydrogens is 268 g/mol. The Kier molecular flexibility index (Phi) is 3.28. The fourth-order valence-corrected chi connectivity index (χ4v) is 3.63. The molecule has 3 aromatic rings. The third-order valence-electron chi connectivity index (χ3n) is 4.57. The summed E-state index contributed by atoms with van der Waals surface area (Å²) in [7, 11) is 1.81. The van der Waals surface area contributed by atoms with Crippen LogP contribution in [0.1, 0.15) is 28.7 Å². The first kappa shape index (κ1) is 13.3. The molecule has 0 radical (unpaired) electrons. The third kappa shape index (κ3) is 1.98. The van der Waals surface area contributed by atoms with E-state index in [0.717, 1.165) is 0 Å². The van der Waals surface area contributed by atoms with Gasteiger partial charge in [0.25, 0.3) is 0 Å². The predicted molar refractivity (Wildman–Crippen MR) is 89.9 cm³/mol. The molecule has 0 aromatic heterocycles. The fraction of sp³-hybridized carbons (Fsp3) is 0.143. The highest BCUT2D eigenvalue weighted by Gasteiger charge is 2.34. The number of hydrogen-bond donors (Lipinski definition) is 0. The number of ether oxygens (including phenoxy) is 1. The molecule has 0 amide bonds. The van der Waals surface area contributed by atoms with Gasteiger partial charge in [-0.3, -0.25) is 0 Å². The van der Waals surface area contributed by atoms with Crippen LogP contribution in [-0.4, -0.2) is 7.11 Å². The first-order chi connectivity index (χ1) is 10.9. The van der Waals surface area contributed by atoms with Crippen molar-refractivity contribution in [2.45, 2.75) is 12.0 Å². The number of benzene rings is 3. The van der Waals surface area contributed by atoms with Gasteiger partial charge in [0, 0.05) is 13.0 Å². The van der Waals surface area contributed by atoms with E-state index in [2.05, 4.69) is 72.8 Å². The lowest BCUT2D eigenvalue weighted by Gasteiger charge is -2.24. The molecule has 1 atom stereocenters. The highest BCUT2D eigenvalue weighted by Crippen LogP contribution is 2.50. The smallest absolute Gasteiger partial charge is 0.0930 e. The van der Waals surface area contributed by atoms with E-state index in [1.165, 1.54) is 27.8 Å². The van der Waals surface area contributed by atoms with Gasteiger partial charge >= 0.3 is 0 Å². The van der Waals surface area contributed by atoms with Crippen molar-refractivity contribution in [3.8, 4) is 11.1 Å². The van der Waals surface area contributed by atoms with Crippen LogP contribution < -0.4 is 0 Å². The SMILES string of the molecule is COC(c1ccccc1)C1c2ccccc2-c2ccccc21. The summed E-state index contributed by atoms with van der Waals surface area (Å²) in [6, 6.07) is 27.9. The van der Waals surface area contributed by atoms with Gasteiger partial charge < -0.3 is 4.74 Å². The van der Waals surface area contributed by atoms with Crippen molar-refractivity contribution < 1.29 is 4.74 Å². The van der Waals surface area contributed by atoms with E-state index in [1.807, 2.05) is 6.07 Å². The minimum absolute atomic E-state index is 0.0333. The van der Waals surface area contributed by atoms with Crippen molar-refractivity contribution in [1.82, 2.24) is 0 Å². The lowest BCUT2D eigenvalue weighted by atomic mass is 9.87. The molecule has 0 aliphatic heterocycles. The fourth-order valence-electron chi connectivity index (χ4n) is 3.63. The second kappa shape index (κ2) is 5.43. The van der Waals surface area contributed by atoms with E-state index < -0.39 is 0 Å². The van der Waals surface area contributed by atoms with E-state index in [-0.39, 0.29) is 12.0 Å². The monoisotopic (exact) mass is 286 g/mol. The van der Waals surface area contributed by atoms with Crippen LogP contribution in [-0.2, 0) is 4.74 Å². The van der Waals surface area contributed by atoms with Crippen LogP contribution in [0, 0.1) is 0 Å². The Balaban J connectivity index is 1.91. The summed E-state index contributed by atoms with van der Waals surface area (Å²) in [4.78, 5) is 0. The number of rotatable bonds is 3. The highest BCUT2D eigenvalue weighted by molar-refractivity contribution is 5.79. The molecule has 3 aromatic carbocycles. The van der Waals surface area contributed by atoms with Crippen molar-refractivity contribution in [1.29, 1.82) is 0 Å². The van der Waals surface area contributed by atoms with Crippen LogP contribution in [0.25, 0.3) is 11.1 Å². The first-order valence-electron chi connectivity index (χ1n) is 7.66. The van der Waals surface area contributed by atoms with Crippen LogP contribution in [0.5, 0.6) is 0 Å². The van der Waals surface area contributed by atoms with Gasteiger partial charge in [-0.15, -0.1) is 0 Å². The molecule has 0 saturated heterocycles. The zero-order chi connectivity index (χ0) is 14.9. The van der Waals surface area contributed by atoms with Gasteiger partial charge in [0.2, 0.25) is 0 Å². The lowest BCUT2D eigenvalue weighted by Crippen LogP contribution is -2.12. The van der Waals surface area contributed by atoms with Gasteiger partial charge in [0.05, 0.1) is 6.10 Å². The molecule has 1 heteroatoms. The number of fused-ring (bicyclic) bond motifs is 3. The molecule has 0 heterocycles. The van der Waals surface area contributed by atoms with E-state index in [9.17, 15) is 0 Å². The van der Waals surface area contributed by atoms with Gasteiger partial charge in [0.15, 0.2) is 0 Å². The molecule has 1 aliphatic rings. The summed E-state index contributed by atoms with van der Waals surface area (Å²) in [6.07, 6.45) is 0.0333. The average Bonchev–Trinajstić information content (AvgIpc) is 2.92. The Morgan fingerprint density at radius 3 is 1.73 bits per heavy atom. The molecule has 108 valence electrons. The Bertz CT molecular complexity index is 746. The standard InChI is InChI=1S/C21H18O/c1-22-21(15-9-3-2-4-10-15)20-18-13-7-5-11-16(18)17-12-6-8-14-19(17)20/h2-14,20-21H,1H3. The second-order valence-corrected chi connectivity index (χ2v) is 5.72. The maximum atomic E-state index is 5.93. The molecule has 1 unspecified atom stereocenters.